The van der Waals surface area contributed by atoms with Gasteiger partial charge in [0.1, 0.15) is 0 Å². The standard InChI is InChI=1S/C20H24N4O2/c1-14-16(11-21-22(14)2)12-23-9-8-20-18(23)10-19(25)24(20)17(13-26-20)15-6-4-3-5-7-15/h3-7,11,17-18H,8-10,12-13H2,1-2H3/t17-,18+,20-/m0/s1. The average molecular weight is 352 g/mol. The molecule has 3 fully saturated rings. The van der Waals surface area contributed by atoms with E-state index in [0.717, 1.165) is 19.5 Å². The Balaban J connectivity index is 1.43. The molecule has 1 amide bonds. The number of rotatable bonds is 3. The van der Waals surface area contributed by atoms with Gasteiger partial charge in [0, 0.05) is 44.2 Å². The number of nitrogens with zero attached hydrogens (tertiary/aromatic N) is 4. The molecular formula is C20H24N4O2. The third-order valence-electron chi connectivity index (χ3n) is 6.46. The second-order valence-electron chi connectivity index (χ2n) is 7.67. The molecule has 26 heavy (non-hydrogen) atoms. The molecule has 5 rings (SSSR count). The maximum Gasteiger partial charge on any atom is 0.227 e. The first-order valence-electron chi connectivity index (χ1n) is 9.33. The summed E-state index contributed by atoms with van der Waals surface area (Å²) in [4.78, 5) is 17.4. The summed E-state index contributed by atoms with van der Waals surface area (Å²) in [7, 11) is 1.97. The third kappa shape index (κ3) is 2.12. The van der Waals surface area contributed by atoms with Gasteiger partial charge in [-0.15, -0.1) is 0 Å². The van der Waals surface area contributed by atoms with E-state index in [1.54, 1.807) is 0 Å². The van der Waals surface area contributed by atoms with Crippen LogP contribution >= 0.6 is 0 Å². The van der Waals surface area contributed by atoms with Gasteiger partial charge in [0.2, 0.25) is 5.91 Å². The van der Waals surface area contributed by atoms with Gasteiger partial charge in [-0.25, -0.2) is 0 Å². The lowest BCUT2D eigenvalue weighted by Gasteiger charge is -2.33. The van der Waals surface area contributed by atoms with Crippen LogP contribution in [0.4, 0.5) is 0 Å². The van der Waals surface area contributed by atoms with Gasteiger partial charge in [0.25, 0.3) is 0 Å². The Bertz CT molecular complexity index is 849. The van der Waals surface area contributed by atoms with E-state index in [1.807, 2.05) is 41.0 Å². The van der Waals surface area contributed by atoms with Crippen molar-refractivity contribution in [1.82, 2.24) is 19.6 Å². The van der Waals surface area contributed by atoms with Crippen molar-refractivity contribution in [3.05, 3.63) is 53.3 Å². The Labute approximate surface area is 153 Å². The first-order chi connectivity index (χ1) is 12.6. The quantitative estimate of drug-likeness (QED) is 0.848. The summed E-state index contributed by atoms with van der Waals surface area (Å²) in [6.07, 6.45) is 3.37. The van der Waals surface area contributed by atoms with E-state index < -0.39 is 5.72 Å². The van der Waals surface area contributed by atoms with Gasteiger partial charge < -0.3 is 9.64 Å². The van der Waals surface area contributed by atoms with Crippen LogP contribution in [0, 0.1) is 6.92 Å². The molecule has 0 unspecified atom stereocenters. The highest BCUT2D eigenvalue weighted by atomic mass is 16.5. The minimum atomic E-state index is -0.451. The molecule has 3 aliphatic heterocycles. The topological polar surface area (TPSA) is 50.6 Å². The predicted octanol–water partition coefficient (Wildman–Crippen LogP) is 2.00. The van der Waals surface area contributed by atoms with Crippen LogP contribution in [0.25, 0.3) is 0 Å². The van der Waals surface area contributed by atoms with Gasteiger partial charge >= 0.3 is 0 Å². The molecule has 1 aromatic carbocycles. The molecule has 3 aliphatic rings. The maximum absolute atomic E-state index is 12.9. The fourth-order valence-corrected chi connectivity index (χ4v) is 4.96. The SMILES string of the molecule is Cc1c(CN2CC[C@@]34OC[C@@H](c5ccccc5)N3C(=O)C[C@@H]24)cnn1C. The Morgan fingerprint density at radius 3 is 2.85 bits per heavy atom. The normalized spacial score (nSPS) is 30.8. The number of carbonyl (C=O) groups excluding carboxylic acids is 1. The molecular weight excluding hydrogens is 328 g/mol. The van der Waals surface area contributed by atoms with Crippen molar-refractivity contribution < 1.29 is 9.53 Å². The molecule has 0 aliphatic carbocycles. The number of aromatic nitrogens is 2. The zero-order chi connectivity index (χ0) is 17.9. The molecule has 0 bridgehead atoms. The van der Waals surface area contributed by atoms with Crippen molar-refractivity contribution in [2.24, 2.45) is 7.05 Å². The van der Waals surface area contributed by atoms with Crippen LogP contribution in [0.5, 0.6) is 0 Å². The molecule has 0 radical (unpaired) electrons. The van der Waals surface area contributed by atoms with E-state index >= 15 is 0 Å². The van der Waals surface area contributed by atoms with Crippen molar-refractivity contribution in [2.45, 2.75) is 44.1 Å². The lowest BCUT2D eigenvalue weighted by molar-refractivity contribution is -0.138. The highest BCUT2D eigenvalue weighted by Gasteiger charge is 2.64. The third-order valence-corrected chi connectivity index (χ3v) is 6.46. The number of amides is 1. The molecule has 4 heterocycles. The monoisotopic (exact) mass is 352 g/mol. The largest absolute Gasteiger partial charge is 0.351 e. The van der Waals surface area contributed by atoms with Crippen molar-refractivity contribution in [3.63, 3.8) is 0 Å². The zero-order valence-corrected chi connectivity index (χ0v) is 15.3. The van der Waals surface area contributed by atoms with Crippen molar-refractivity contribution in [3.8, 4) is 0 Å². The molecule has 6 nitrogen and oxygen atoms in total. The minimum Gasteiger partial charge on any atom is -0.351 e. The minimum absolute atomic E-state index is 0.0359. The molecule has 2 aromatic rings. The lowest BCUT2D eigenvalue weighted by Crippen LogP contribution is -2.48. The van der Waals surface area contributed by atoms with E-state index in [9.17, 15) is 4.79 Å². The van der Waals surface area contributed by atoms with E-state index in [4.69, 9.17) is 4.74 Å². The van der Waals surface area contributed by atoms with Gasteiger partial charge in [0.15, 0.2) is 5.72 Å². The number of aryl methyl sites for hydroxylation is 1. The van der Waals surface area contributed by atoms with Gasteiger partial charge in [-0.3, -0.25) is 14.4 Å². The van der Waals surface area contributed by atoms with Gasteiger partial charge in [-0.2, -0.15) is 5.10 Å². The number of benzene rings is 1. The summed E-state index contributed by atoms with van der Waals surface area (Å²) < 4.78 is 8.28. The van der Waals surface area contributed by atoms with E-state index in [1.165, 1.54) is 16.8 Å². The van der Waals surface area contributed by atoms with E-state index in [-0.39, 0.29) is 18.0 Å². The molecule has 0 N–H and O–H groups in total. The number of carbonyl (C=O) groups is 1. The Hall–Kier alpha value is -2.18. The first-order valence-corrected chi connectivity index (χ1v) is 9.33. The van der Waals surface area contributed by atoms with Crippen LogP contribution in [0.15, 0.2) is 36.5 Å². The molecule has 3 saturated heterocycles. The van der Waals surface area contributed by atoms with Gasteiger partial charge in [-0.05, 0) is 12.5 Å². The van der Waals surface area contributed by atoms with Crippen molar-refractivity contribution in [2.75, 3.05) is 13.2 Å². The zero-order valence-electron chi connectivity index (χ0n) is 15.3. The summed E-state index contributed by atoms with van der Waals surface area (Å²) >= 11 is 0. The fraction of sp³-hybridized carbons (Fsp3) is 0.500. The highest BCUT2D eigenvalue weighted by molar-refractivity contribution is 5.82. The summed E-state index contributed by atoms with van der Waals surface area (Å²) in [6.45, 7) is 4.46. The first kappa shape index (κ1) is 16.0. The molecule has 1 aromatic heterocycles. The predicted molar refractivity (Wildman–Crippen MR) is 96.1 cm³/mol. The number of hydrogen-bond acceptors (Lipinski definition) is 4. The Kier molecular flexibility index (Phi) is 3.49. The number of hydrogen-bond donors (Lipinski definition) is 0. The van der Waals surface area contributed by atoms with Crippen LogP contribution < -0.4 is 0 Å². The van der Waals surface area contributed by atoms with E-state index in [2.05, 4.69) is 29.1 Å². The van der Waals surface area contributed by atoms with Crippen LogP contribution in [-0.4, -0.2) is 50.4 Å². The van der Waals surface area contributed by atoms with Crippen molar-refractivity contribution >= 4 is 5.91 Å². The van der Waals surface area contributed by atoms with E-state index in [0.29, 0.717) is 13.0 Å². The highest BCUT2D eigenvalue weighted by Crippen LogP contribution is 2.51. The second-order valence-corrected chi connectivity index (χ2v) is 7.67. The summed E-state index contributed by atoms with van der Waals surface area (Å²) in [5.41, 5.74) is 3.13. The Morgan fingerprint density at radius 1 is 1.31 bits per heavy atom. The van der Waals surface area contributed by atoms with Gasteiger partial charge in [-0.1, -0.05) is 30.3 Å². The van der Waals surface area contributed by atoms with Crippen LogP contribution in [0.1, 0.15) is 35.7 Å². The van der Waals surface area contributed by atoms with Crippen LogP contribution in [0.3, 0.4) is 0 Å². The molecule has 3 atom stereocenters. The number of ether oxygens (including phenoxy) is 1. The second kappa shape index (κ2) is 5.66. The van der Waals surface area contributed by atoms with Crippen LogP contribution in [-0.2, 0) is 23.1 Å². The summed E-state index contributed by atoms with van der Waals surface area (Å²) in [5, 5.41) is 4.36. The molecule has 0 saturated carbocycles. The van der Waals surface area contributed by atoms with Crippen molar-refractivity contribution in [1.29, 1.82) is 0 Å². The molecule has 6 heteroatoms. The lowest BCUT2D eigenvalue weighted by atomic mass is 10.0. The fourth-order valence-electron chi connectivity index (χ4n) is 4.96. The van der Waals surface area contributed by atoms with Gasteiger partial charge in [0.05, 0.1) is 24.9 Å². The molecule has 136 valence electrons. The maximum atomic E-state index is 12.9. The average Bonchev–Trinajstić information content (AvgIpc) is 3.35. The number of likely N-dealkylation sites (tertiary alicyclic amines) is 1. The molecule has 1 spiro atoms. The summed E-state index contributed by atoms with van der Waals surface area (Å²) in [5.74, 6) is 0.217. The smallest absolute Gasteiger partial charge is 0.227 e. The van der Waals surface area contributed by atoms with Crippen LogP contribution in [0.2, 0.25) is 0 Å². The Morgan fingerprint density at radius 2 is 2.12 bits per heavy atom. The summed E-state index contributed by atoms with van der Waals surface area (Å²) in [6, 6.07) is 10.4.